The van der Waals surface area contributed by atoms with E-state index in [2.05, 4.69) is 32.9 Å². The summed E-state index contributed by atoms with van der Waals surface area (Å²) in [6.07, 6.45) is 7.55. The molecule has 1 radical (unpaired) electrons. The Labute approximate surface area is 172 Å². The Morgan fingerprint density at radius 1 is 0.792 bits per heavy atom. The SMILES string of the molecule is CCn1ccnc1-c1cccc(-c2nccn2CC)n1.[Cl-].[Cl-].[Cl-].[V]. The van der Waals surface area contributed by atoms with Crippen LogP contribution >= 0.6 is 0 Å². The second-order valence-corrected chi connectivity index (χ2v) is 4.48. The van der Waals surface area contributed by atoms with Crippen molar-refractivity contribution >= 4 is 0 Å². The third-order valence-electron chi connectivity index (χ3n) is 3.32. The molecule has 0 aromatic carbocycles. The molecule has 3 rings (SSSR count). The van der Waals surface area contributed by atoms with Crippen LogP contribution in [0.5, 0.6) is 0 Å². The molecule has 0 spiro atoms. The molecule has 131 valence electrons. The summed E-state index contributed by atoms with van der Waals surface area (Å²) in [7, 11) is 0. The van der Waals surface area contributed by atoms with E-state index >= 15 is 0 Å². The van der Waals surface area contributed by atoms with Crippen molar-refractivity contribution in [1.29, 1.82) is 0 Å². The molecule has 0 saturated carbocycles. The molecule has 9 heteroatoms. The van der Waals surface area contributed by atoms with Crippen molar-refractivity contribution in [2.24, 2.45) is 0 Å². The summed E-state index contributed by atoms with van der Waals surface area (Å²) in [6.45, 7) is 5.95. The third kappa shape index (κ3) is 5.01. The molecule has 0 amide bonds. The van der Waals surface area contributed by atoms with Crippen molar-refractivity contribution in [3.63, 3.8) is 0 Å². The molecule has 3 heterocycles. The number of rotatable bonds is 4. The Morgan fingerprint density at radius 2 is 1.21 bits per heavy atom. The average Bonchev–Trinajstić information content (AvgIpc) is 3.15. The summed E-state index contributed by atoms with van der Waals surface area (Å²) in [5.41, 5.74) is 1.75. The van der Waals surface area contributed by atoms with Crippen molar-refractivity contribution in [3.05, 3.63) is 43.0 Å². The Kier molecular flexibility index (Phi) is 12.2. The summed E-state index contributed by atoms with van der Waals surface area (Å²) in [6, 6.07) is 5.97. The Hall–Kier alpha value is -0.976. The fourth-order valence-corrected chi connectivity index (χ4v) is 2.28. The van der Waals surface area contributed by atoms with E-state index in [0.717, 1.165) is 36.1 Å². The predicted molar refractivity (Wildman–Crippen MR) is 78.0 cm³/mol. The van der Waals surface area contributed by atoms with Crippen molar-refractivity contribution in [2.45, 2.75) is 26.9 Å². The molecule has 0 fully saturated rings. The molecule has 0 aliphatic heterocycles. The van der Waals surface area contributed by atoms with Gasteiger partial charge >= 0.3 is 0 Å². The molecule has 5 nitrogen and oxygen atoms in total. The van der Waals surface area contributed by atoms with Gasteiger partial charge in [0.25, 0.3) is 0 Å². The topological polar surface area (TPSA) is 48.5 Å². The molecular weight excluding hydrogens is 408 g/mol. The molecule has 0 bridgehead atoms. The minimum atomic E-state index is 0. The van der Waals surface area contributed by atoms with Gasteiger partial charge in [0.05, 0.1) is 0 Å². The van der Waals surface area contributed by atoms with Crippen LogP contribution in [-0.4, -0.2) is 24.1 Å². The predicted octanol–water partition coefficient (Wildman–Crippen LogP) is -6.14. The van der Waals surface area contributed by atoms with E-state index in [4.69, 9.17) is 4.98 Å². The normalized spacial score (nSPS) is 9.08. The zero-order valence-corrected chi connectivity index (χ0v) is 16.9. The van der Waals surface area contributed by atoms with Gasteiger partial charge in [0.1, 0.15) is 11.4 Å². The number of aromatic nitrogens is 5. The zero-order chi connectivity index (χ0) is 13.9. The molecule has 0 N–H and O–H groups in total. The number of hydrogen-bond donors (Lipinski definition) is 0. The summed E-state index contributed by atoms with van der Waals surface area (Å²) in [5.74, 6) is 1.79. The molecule has 0 aliphatic carbocycles. The number of imidazole rings is 2. The number of halogens is 3. The molecule has 0 unspecified atom stereocenters. The molecule has 3 aromatic heterocycles. The van der Waals surface area contributed by atoms with E-state index in [1.807, 2.05) is 30.6 Å². The van der Waals surface area contributed by atoms with Gasteiger partial charge in [-0.15, -0.1) is 0 Å². The fraction of sp³-hybridized carbons (Fsp3) is 0.267. The van der Waals surface area contributed by atoms with Crippen LogP contribution in [0.4, 0.5) is 0 Å². The Bertz CT molecular complexity index is 672. The van der Waals surface area contributed by atoms with Crippen LogP contribution in [0.25, 0.3) is 23.0 Å². The molecule has 0 atom stereocenters. The van der Waals surface area contributed by atoms with Crippen LogP contribution in [0.1, 0.15) is 13.8 Å². The number of pyridine rings is 1. The number of nitrogens with zero attached hydrogens (tertiary/aromatic N) is 5. The Morgan fingerprint density at radius 3 is 1.58 bits per heavy atom. The first-order chi connectivity index (χ1) is 9.83. The summed E-state index contributed by atoms with van der Waals surface area (Å²) in [4.78, 5) is 13.5. The van der Waals surface area contributed by atoms with Crippen LogP contribution in [0, 0.1) is 0 Å². The van der Waals surface area contributed by atoms with Crippen LogP contribution in [0.15, 0.2) is 43.0 Å². The molecule has 24 heavy (non-hydrogen) atoms. The van der Waals surface area contributed by atoms with Gasteiger partial charge in [0, 0.05) is 56.4 Å². The molecule has 3 aromatic rings. The van der Waals surface area contributed by atoms with E-state index in [0.29, 0.717) is 0 Å². The van der Waals surface area contributed by atoms with E-state index in [1.54, 1.807) is 12.4 Å². The maximum absolute atomic E-state index is 4.71. The van der Waals surface area contributed by atoms with Gasteiger partial charge in [0.15, 0.2) is 11.6 Å². The maximum Gasteiger partial charge on any atom is 0.158 e. The van der Waals surface area contributed by atoms with E-state index in [9.17, 15) is 0 Å². The van der Waals surface area contributed by atoms with Gasteiger partial charge < -0.3 is 46.4 Å². The van der Waals surface area contributed by atoms with Gasteiger partial charge in [-0.25, -0.2) is 15.0 Å². The maximum atomic E-state index is 4.71. The van der Waals surface area contributed by atoms with E-state index in [1.165, 1.54) is 0 Å². The van der Waals surface area contributed by atoms with Crippen LogP contribution in [0.3, 0.4) is 0 Å². The summed E-state index contributed by atoms with van der Waals surface area (Å²) in [5, 5.41) is 0. The minimum Gasteiger partial charge on any atom is -1.00 e. The quantitative estimate of drug-likeness (QED) is 0.419. The molecule has 0 aliphatic rings. The first-order valence-corrected chi connectivity index (χ1v) is 6.83. The van der Waals surface area contributed by atoms with Crippen LogP contribution in [0.2, 0.25) is 0 Å². The van der Waals surface area contributed by atoms with Gasteiger partial charge in [-0.2, -0.15) is 0 Å². The van der Waals surface area contributed by atoms with E-state index in [-0.39, 0.29) is 55.8 Å². The van der Waals surface area contributed by atoms with Gasteiger partial charge in [-0.3, -0.25) is 0 Å². The third-order valence-corrected chi connectivity index (χ3v) is 3.32. The van der Waals surface area contributed by atoms with Gasteiger partial charge in [-0.1, -0.05) is 6.07 Å². The fourth-order valence-electron chi connectivity index (χ4n) is 2.28. The van der Waals surface area contributed by atoms with Crippen LogP contribution < -0.4 is 37.2 Å². The molecular formula is C15H17Cl3N5V-3. The van der Waals surface area contributed by atoms with Crippen molar-refractivity contribution in [2.75, 3.05) is 0 Å². The first-order valence-electron chi connectivity index (χ1n) is 6.83. The van der Waals surface area contributed by atoms with E-state index < -0.39 is 0 Å². The van der Waals surface area contributed by atoms with Crippen molar-refractivity contribution in [3.8, 4) is 23.0 Å². The second kappa shape index (κ2) is 11.6. The van der Waals surface area contributed by atoms with Crippen LogP contribution in [-0.2, 0) is 31.6 Å². The monoisotopic (exact) mass is 423 g/mol. The standard InChI is InChI=1S/C15H17N5.3ClH.V/c1-3-19-10-8-16-14(19)12-6-5-7-13(18-12)15-17-9-11-20(15)4-2;;;;/h5-11H,3-4H2,1-2H3;3*1H;/p-3. The Balaban J connectivity index is 0. The zero-order valence-electron chi connectivity index (χ0n) is 13.3. The van der Waals surface area contributed by atoms with Gasteiger partial charge in [0.2, 0.25) is 0 Å². The smallest absolute Gasteiger partial charge is 0.158 e. The first kappa shape index (κ1) is 25.3. The second-order valence-electron chi connectivity index (χ2n) is 4.48. The number of hydrogen-bond acceptors (Lipinski definition) is 3. The van der Waals surface area contributed by atoms with Crippen molar-refractivity contribution in [1.82, 2.24) is 24.1 Å². The number of aryl methyl sites for hydroxylation is 2. The summed E-state index contributed by atoms with van der Waals surface area (Å²) < 4.78 is 4.16. The minimum absolute atomic E-state index is 0. The molecule has 0 saturated heterocycles. The summed E-state index contributed by atoms with van der Waals surface area (Å²) >= 11 is 0. The van der Waals surface area contributed by atoms with Crippen molar-refractivity contribution < 1.29 is 55.8 Å². The largest absolute Gasteiger partial charge is 1.00 e. The average molecular weight is 425 g/mol. The van der Waals surface area contributed by atoms with Gasteiger partial charge in [-0.05, 0) is 26.0 Å².